The Morgan fingerprint density at radius 2 is 2.26 bits per heavy atom. The molecule has 1 unspecified atom stereocenters. The Bertz CT molecular complexity index is 603. The molecule has 1 atom stereocenters. The first kappa shape index (κ1) is 12.1. The van der Waals surface area contributed by atoms with Crippen LogP contribution < -0.4 is 5.32 Å². The van der Waals surface area contributed by atoms with Gasteiger partial charge in [-0.1, -0.05) is 0 Å². The van der Waals surface area contributed by atoms with Crippen LogP contribution in [0.4, 0.5) is 5.69 Å². The van der Waals surface area contributed by atoms with E-state index in [9.17, 15) is 5.11 Å². The van der Waals surface area contributed by atoms with E-state index >= 15 is 0 Å². The van der Waals surface area contributed by atoms with Gasteiger partial charge in [0.25, 0.3) is 0 Å². The summed E-state index contributed by atoms with van der Waals surface area (Å²) in [5.41, 5.74) is 4.59. The fourth-order valence-corrected chi connectivity index (χ4v) is 2.80. The van der Waals surface area contributed by atoms with Crippen LogP contribution in [0.25, 0.3) is 0 Å². The van der Waals surface area contributed by atoms with Crippen LogP contribution in [0.2, 0.25) is 0 Å². The predicted molar refractivity (Wildman–Crippen MR) is 75.4 cm³/mol. The van der Waals surface area contributed by atoms with Crippen molar-refractivity contribution in [3.05, 3.63) is 41.2 Å². The first-order valence-electron chi connectivity index (χ1n) is 6.72. The second kappa shape index (κ2) is 4.61. The van der Waals surface area contributed by atoms with E-state index in [2.05, 4.69) is 10.4 Å². The molecule has 1 aromatic carbocycles. The number of hydrogen-bond donors (Lipinski definition) is 2. The van der Waals surface area contributed by atoms with Crippen LogP contribution in [-0.4, -0.2) is 14.9 Å². The maximum absolute atomic E-state index is 9.57. The van der Waals surface area contributed by atoms with E-state index in [1.54, 1.807) is 6.07 Å². The Balaban J connectivity index is 1.86. The van der Waals surface area contributed by atoms with E-state index in [0.717, 1.165) is 24.1 Å². The molecule has 0 radical (unpaired) electrons. The number of aryl methyl sites for hydroxylation is 2. The van der Waals surface area contributed by atoms with E-state index in [1.165, 1.54) is 17.7 Å². The van der Waals surface area contributed by atoms with Gasteiger partial charge in [0.05, 0.1) is 12.2 Å². The van der Waals surface area contributed by atoms with E-state index in [0.29, 0.717) is 11.8 Å². The normalized spacial score (nSPS) is 18.1. The fourth-order valence-electron chi connectivity index (χ4n) is 2.80. The number of rotatable bonds is 2. The minimum absolute atomic E-state index is 0.321. The first-order valence-corrected chi connectivity index (χ1v) is 6.72. The van der Waals surface area contributed by atoms with Crippen LogP contribution in [0.3, 0.4) is 0 Å². The lowest BCUT2D eigenvalue weighted by atomic mass is 9.92. The smallest absolute Gasteiger partial charge is 0.118 e. The minimum atomic E-state index is 0.321. The number of aromatic hydroxyl groups is 1. The molecule has 1 heterocycles. The van der Waals surface area contributed by atoms with Crippen LogP contribution in [-0.2, 0) is 13.5 Å². The molecular weight excluding hydrogens is 238 g/mol. The molecule has 1 aliphatic carbocycles. The summed E-state index contributed by atoms with van der Waals surface area (Å²) in [6.45, 7) is 1.91. The van der Waals surface area contributed by atoms with E-state index in [1.807, 2.05) is 37.0 Å². The third-order valence-corrected chi connectivity index (χ3v) is 3.91. The van der Waals surface area contributed by atoms with Crippen molar-refractivity contribution in [1.29, 1.82) is 0 Å². The number of aromatic nitrogens is 2. The Hall–Kier alpha value is -1.97. The predicted octanol–water partition coefficient (Wildman–Crippen LogP) is 2.92. The summed E-state index contributed by atoms with van der Waals surface area (Å²) in [5, 5.41) is 17.5. The minimum Gasteiger partial charge on any atom is -0.508 e. The highest BCUT2D eigenvalue weighted by Gasteiger charge is 2.23. The number of fused-ring (bicyclic) bond motifs is 1. The van der Waals surface area contributed by atoms with Crippen molar-refractivity contribution < 1.29 is 5.11 Å². The Morgan fingerprint density at radius 3 is 3.05 bits per heavy atom. The van der Waals surface area contributed by atoms with Gasteiger partial charge in [-0.15, -0.1) is 0 Å². The zero-order valence-corrected chi connectivity index (χ0v) is 11.3. The monoisotopic (exact) mass is 257 g/mol. The summed E-state index contributed by atoms with van der Waals surface area (Å²) in [6, 6.07) is 5.97. The summed E-state index contributed by atoms with van der Waals surface area (Å²) in [4.78, 5) is 0. The third-order valence-electron chi connectivity index (χ3n) is 3.91. The Morgan fingerprint density at radius 1 is 1.42 bits per heavy atom. The second-order valence-electron chi connectivity index (χ2n) is 5.26. The Labute approximate surface area is 113 Å². The van der Waals surface area contributed by atoms with Gasteiger partial charge < -0.3 is 10.4 Å². The molecule has 0 bridgehead atoms. The zero-order valence-electron chi connectivity index (χ0n) is 11.3. The molecule has 2 aromatic rings. The molecule has 0 amide bonds. The average Bonchev–Trinajstić information content (AvgIpc) is 2.77. The average molecular weight is 257 g/mol. The van der Waals surface area contributed by atoms with E-state index < -0.39 is 0 Å². The van der Waals surface area contributed by atoms with Gasteiger partial charge in [0.2, 0.25) is 0 Å². The highest BCUT2D eigenvalue weighted by molar-refractivity contribution is 5.52. The van der Waals surface area contributed by atoms with Crippen molar-refractivity contribution in [3.63, 3.8) is 0 Å². The Kier molecular flexibility index (Phi) is 2.93. The maximum Gasteiger partial charge on any atom is 0.118 e. The largest absolute Gasteiger partial charge is 0.508 e. The molecule has 100 valence electrons. The molecule has 2 N–H and O–H groups in total. The molecule has 4 nitrogen and oxygen atoms in total. The van der Waals surface area contributed by atoms with Crippen LogP contribution in [0, 0.1) is 6.92 Å². The molecule has 0 spiro atoms. The molecule has 0 fully saturated rings. The summed E-state index contributed by atoms with van der Waals surface area (Å²) >= 11 is 0. The van der Waals surface area contributed by atoms with Gasteiger partial charge in [0.15, 0.2) is 0 Å². The lowest BCUT2D eigenvalue weighted by Crippen LogP contribution is -2.17. The SMILES string of the molecule is Cc1cc(NC2CCCc3c2cnn3C)ccc1O. The standard InChI is InChI=1S/C15H19N3O/c1-10-8-11(6-7-15(10)19)17-13-4-3-5-14-12(13)9-16-18(14)2/h6-9,13,17,19H,3-5H2,1-2H3. The summed E-state index contributed by atoms with van der Waals surface area (Å²) in [6.07, 6.45) is 5.39. The second-order valence-corrected chi connectivity index (χ2v) is 5.26. The van der Waals surface area contributed by atoms with Crippen molar-refractivity contribution in [2.24, 2.45) is 7.05 Å². The number of nitrogens with one attached hydrogen (secondary N) is 1. The van der Waals surface area contributed by atoms with Gasteiger partial charge in [0.1, 0.15) is 5.75 Å². The fraction of sp³-hybridized carbons (Fsp3) is 0.400. The lowest BCUT2D eigenvalue weighted by molar-refractivity contribution is 0.471. The first-order chi connectivity index (χ1) is 9.15. The van der Waals surface area contributed by atoms with Gasteiger partial charge in [-0.3, -0.25) is 4.68 Å². The lowest BCUT2D eigenvalue weighted by Gasteiger charge is -2.25. The highest BCUT2D eigenvalue weighted by atomic mass is 16.3. The van der Waals surface area contributed by atoms with Crippen molar-refractivity contribution in [1.82, 2.24) is 9.78 Å². The molecule has 1 aromatic heterocycles. The number of phenols is 1. The third kappa shape index (κ3) is 2.18. The maximum atomic E-state index is 9.57. The van der Waals surface area contributed by atoms with Gasteiger partial charge >= 0.3 is 0 Å². The van der Waals surface area contributed by atoms with Crippen LogP contribution in [0.1, 0.15) is 35.7 Å². The quantitative estimate of drug-likeness (QED) is 0.813. The van der Waals surface area contributed by atoms with Gasteiger partial charge in [0, 0.05) is 24.0 Å². The molecule has 19 heavy (non-hydrogen) atoms. The summed E-state index contributed by atoms with van der Waals surface area (Å²) in [7, 11) is 2.01. The number of nitrogens with zero attached hydrogens (tertiary/aromatic N) is 2. The van der Waals surface area contributed by atoms with Gasteiger partial charge in [-0.05, 0) is 49.9 Å². The van der Waals surface area contributed by atoms with Crippen molar-refractivity contribution in [3.8, 4) is 5.75 Å². The highest BCUT2D eigenvalue weighted by Crippen LogP contribution is 2.33. The summed E-state index contributed by atoms with van der Waals surface area (Å²) in [5.74, 6) is 0.344. The molecule has 0 saturated carbocycles. The molecular formula is C15H19N3O. The van der Waals surface area contributed by atoms with Crippen molar-refractivity contribution in [2.45, 2.75) is 32.2 Å². The van der Waals surface area contributed by atoms with Gasteiger partial charge in [-0.2, -0.15) is 5.10 Å². The van der Waals surface area contributed by atoms with E-state index in [-0.39, 0.29) is 0 Å². The zero-order chi connectivity index (χ0) is 13.4. The number of anilines is 1. The summed E-state index contributed by atoms with van der Waals surface area (Å²) < 4.78 is 1.98. The molecule has 3 rings (SSSR count). The van der Waals surface area contributed by atoms with Gasteiger partial charge in [-0.25, -0.2) is 0 Å². The van der Waals surface area contributed by atoms with Crippen LogP contribution in [0.5, 0.6) is 5.75 Å². The molecule has 0 saturated heterocycles. The van der Waals surface area contributed by atoms with Crippen LogP contribution in [0.15, 0.2) is 24.4 Å². The number of phenolic OH excluding ortho intramolecular Hbond substituents is 1. The number of hydrogen-bond acceptors (Lipinski definition) is 3. The molecule has 1 aliphatic rings. The molecule has 0 aliphatic heterocycles. The molecule has 4 heteroatoms. The van der Waals surface area contributed by atoms with Crippen molar-refractivity contribution >= 4 is 5.69 Å². The van der Waals surface area contributed by atoms with Crippen molar-refractivity contribution in [2.75, 3.05) is 5.32 Å². The number of benzene rings is 1. The van der Waals surface area contributed by atoms with E-state index in [4.69, 9.17) is 0 Å². The van der Waals surface area contributed by atoms with Crippen LogP contribution >= 0.6 is 0 Å². The topological polar surface area (TPSA) is 50.1 Å².